The van der Waals surface area contributed by atoms with Gasteiger partial charge in [0.1, 0.15) is 6.29 Å². The Hall–Kier alpha value is -0.410. The number of carbonyl (C=O) groups is 1. The van der Waals surface area contributed by atoms with Crippen molar-refractivity contribution in [3.63, 3.8) is 0 Å². The van der Waals surface area contributed by atoms with Gasteiger partial charge in [0.15, 0.2) is 0 Å². The summed E-state index contributed by atoms with van der Waals surface area (Å²) in [4.78, 5) is 10.3. The quantitative estimate of drug-likeness (QED) is 0.0471. The second kappa shape index (κ2) is 45.6. The molecule has 0 aliphatic heterocycles. The lowest BCUT2D eigenvalue weighted by molar-refractivity contribution is -0.107. The van der Waals surface area contributed by atoms with E-state index in [9.17, 15) is 4.79 Å². The second-order valence-corrected chi connectivity index (χ2v) is 15.8. The standard InChI is InChI=1S/C46H92O3/c1-3-5-7-9-11-13-24-28-32-36-40-46(39-35-31-27-12-10-8-6-4-2)45-49-44-43-48-42-38-34-30-26-23-21-19-17-15-14-16-18-20-22-25-29-33-37-41-47/h41,46H,3-40,42-45H2,1-2H3. The van der Waals surface area contributed by atoms with Crippen LogP contribution in [-0.4, -0.2) is 32.7 Å². The Balaban J connectivity index is 3.66. The molecule has 0 bridgehead atoms. The van der Waals surface area contributed by atoms with Gasteiger partial charge in [-0.15, -0.1) is 0 Å². The van der Waals surface area contributed by atoms with Crippen molar-refractivity contribution < 1.29 is 14.3 Å². The van der Waals surface area contributed by atoms with Gasteiger partial charge in [-0.1, -0.05) is 226 Å². The first kappa shape index (κ1) is 48.6. The van der Waals surface area contributed by atoms with Crippen molar-refractivity contribution >= 4 is 6.29 Å². The predicted octanol–water partition coefficient (Wildman–Crippen LogP) is 15.7. The molecule has 1 atom stereocenters. The molecule has 0 aromatic carbocycles. The van der Waals surface area contributed by atoms with Crippen LogP contribution in [-0.2, 0) is 14.3 Å². The topological polar surface area (TPSA) is 35.5 Å². The highest BCUT2D eigenvalue weighted by atomic mass is 16.5. The maximum atomic E-state index is 10.3. The number of rotatable bonds is 45. The smallest absolute Gasteiger partial charge is 0.119 e. The Bertz CT molecular complexity index is 579. The Kier molecular flexibility index (Phi) is 45.2. The van der Waals surface area contributed by atoms with E-state index in [0.29, 0.717) is 0 Å². The number of carbonyl (C=O) groups excluding carboxylic acids is 1. The molecule has 294 valence electrons. The van der Waals surface area contributed by atoms with E-state index in [4.69, 9.17) is 9.47 Å². The summed E-state index contributed by atoms with van der Waals surface area (Å²) in [6.45, 7) is 8.01. The average Bonchev–Trinajstić information content (AvgIpc) is 3.11. The monoisotopic (exact) mass is 693 g/mol. The minimum absolute atomic E-state index is 0.751. The van der Waals surface area contributed by atoms with Crippen molar-refractivity contribution in [2.75, 3.05) is 26.4 Å². The van der Waals surface area contributed by atoms with E-state index >= 15 is 0 Å². The molecular weight excluding hydrogens is 601 g/mol. The third-order valence-corrected chi connectivity index (χ3v) is 10.8. The number of hydrogen-bond donors (Lipinski definition) is 0. The van der Waals surface area contributed by atoms with Crippen LogP contribution in [0.25, 0.3) is 0 Å². The van der Waals surface area contributed by atoms with Crippen LogP contribution in [0.5, 0.6) is 0 Å². The molecule has 0 aliphatic carbocycles. The molecule has 0 aromatic heterocycles. The van der Waals surface area contributed by atoms with E-state index in [2.05, 4.69) is 13.8 Å². The summed E-state index contributed by atoms with van der Waals surface area (Å²) in [5.74, 6) is 0.751. The van der Waals surface area contributed by atoms with Crippen LogP contribution in [0.2, 0.25) is 0 Å². The number of ether oxygens (including phenoxy) is 2. The lowest BCUT2D eigenvalue weighted by Crippen LogP contribution is -2.13. The van der Waals surface area contributed by atoms with E-state index in [1.807, 2.05) is 0 Å². The van der Waals surface area contributed by atoms with Crippen molar-refractivity contribution in [2.45, 2.75) is 258 Å². The molecule has 49 heavy (non-hydrogen) atoms. The Morgan fingerprint density at radius 3 is 1.02 bits per heavy atom. The minimum atomic E-state index is 0.751. The zero-order chi connectivity index (χ0) is 35.4. The summed E-state index contributed by atoms with van der Waals surface area (Å²) in [5.41, 5.74) is 0. The summed E-state index contributed by atoms with van der Waals surface area (Å²) in [5, 5.41) is 0. The number of hydrogen-bond acceptors (Lipinski definition) is 3. The van der Waals surface area contributed by atoms with Crippen molar-refractivity contribution in [1.82, 2.24) is 0 Å². The summed E-state index contributed by atoms with van der Waals surface area (Å²) >= 11 is 0. The fraction of sp³-hybridized carbons (Fsp3) is 0.978. The minimum Gasteiger partial charge on any atom is -0.379 e. The third kappa shape index (κ3) is 43.7. The van der Waals surface area contributed by atoms with Crippen molar-refractivity contribution in [2.24, 2.45) is 5.92 Å². The molecule has 1 unspecified atom stereocenters. The van der Waals surface area contributed by atoms with Gasteiger partial charge in [0.2, 0.25) is 0 Å². The largest absolute Gasteiger partial charge is 0.379 e. The van der Waals surface area contributed by atoms with Crippen LogP contribution in [0.15, 0.2) is 0 Å². The summed E-state index contributed by atoms with van der Waals surface area (Å²) in [7, 11) is 0. The summed E-state index contributed by atoms with van der Waals surface area (Å²) < 4.78 is 12.1. The van der Waals surface area contributed by atoms with Gasteiger partial charge in [0.05, 0.1) is 13.2 Å². The zero-order valence-electron chi connectivity index (χ0n) is 34.1. The number of aldehydes is 1. The molecule has 0 spiro atoms. The Morgan fingerprint density at radius 2 is 0.653 bits per heavy atom. The zero-order valence-corrected chi connectivity index (χ0v) is 34.1. The molecule has 0 heterocycles. The molecule has 0 aliphatic rings. The first-order valence-electron chi connectivity index (χ1n) is 22.9. The average molecular weight is 693 g/mol. The molecule has 0 saturated heterocycles. The van der Waals surface area contributed by atoms with Crippen molar-refractivity contribution in [1.29, 1.82) is 0 Å². The maximum Gasteiger partial charge on any atom is 0.119 e. The van der Waals surface area contributed by atoms with Crippen LogP contribution in [0.3, 0.4) is 0 Å². The lowest BCUT2D eigenvalue weighted by Gasteiger charge is -2.17. The van der Waals surface area contributed by atoms with E-state index < -0.39 is 0 Å². The summed E-state index contributed by atoms with van der Waals surface area (Å²) in [6.07, 6.45) is 53.1. The molecule has 0 N–H and O–H groups in total. The Labute approximate surface area is 310 Å². The van der Waals surface area contributed by atoms with Crippen molar-refractivity contribution in [3.8, 4) is 0 Å². The van der Waals surface area contributed by atoms with Crippen LogP contribution in [0, 0.1) is 5.92 Å². The molecule has 0 saturated carbocycles. The SMILES string of the molecule is CCCCCCCCCCCCC(CCCCCCCCCC)COCCOCCCCCCCCCCCCCCCCCCCC=O. The van der Waals surface area contributed by atoms with Gasteiger partial charge in [-0.2, -0.15) is 0 Å². The molecule has 0 fully saturated rings. The molecule has 0 radical (unpaired) electrons. The molecule has 0 aromatic rings. The van der Waals surface area contributed by atoms with Crippen LogP contribution in [0.1, 0.15) is 258 Å². The van der Waals surface area contributed by atoms with E-state index in [-0.39, 0.29) is 0 Å². The van der Waals surface area contributed by atoms with E-state index in [1.54, 1.807) is 0 Å². The van der Waals surface area contributed by atoms with E-state index in [0.717, 1.165) is 51.5 Å². The first-order valence-corrected chi connectivity index (χ1v) is 22.9. The maximum absolute atomic E-state index is 10.3. The molecular formula is C46H92O3. The van der Waals surface area contributed by atoms with Crippen molar-refractivity contribution in [3.05, 3.63) is 0 Å². The Morgan fingerprint density at radius 1 is 0.347 bits per heavy atom. The lowest BCUT2D eigenvalue weighted by atomic mass is 9.94. The molecule has 0 rings (SSSR count). The highest BCUT2D eigenvalue weighted by Gasteiger charge is 2.09. The number of unbranched alkanes of at least 4 members (excludes halogenated alkanes) is 33. The van der Waals surface area contributed by atoms with Gasteiger partial charge < -0.3 is 14.3 Å². The first-order chi connectivity index (χ1) is 24.3. The van der Waals surface area contributed by atoms with Crippen LogP contribution >= 0.6 is 0 Å². The summed E-state index contributed by atoms with van der Waals surface area (Å²) in [6, 6.07) is 0. The molecule has 0 amide bonds. The van der Waals surface area contributed by atoms with Crippen LogP contribution < -0.4 is 0 Å². The predicted molar refractivity (Wildman–Crippen MR) is 218 cm³/mol. The molecule has 3 nitrogen and oxygen atoms in total. The van der Waals surface area contributed by atoms with Gasteiger partial charge in [-0.05, 0) is 31.6 Å². The van der Waals surface area contributed by atoms with Gasteiger partial charge in [-0.3, -0.25) is 0 Å². The normalized spacial score (nSPS) is 12.2. The third-order valence-electron chi connectivity index (χ3n) is 10.8. The van der Waals surface area contributed by atoms with Gasteiger partial charge in [0, 0.05) is 19.6 Å². The highest BCUT2D eigenvalue weighted by molar-refractivity contribution is 5.48. The second-order valence-electron chi connectivity index (χ2n) is 15.8. The van der Waals surface area contributed by atoms with E-state index in [1.165, 1.54) is 231 Å². The highest BCUT2D eigenvalue weighted by Crippen LogP contribution is 2.21. The van der Waals surface area contributed by atoms with Gasteiger partial charge >= 0.3 is 0 Å². The van der Waals surface area contributed by atoms with Gasteiger partial charge in [0.25, 0.3) is 0 Å². The fourth-order valence-electron chi connectivity index (χ4n) is 7.35. The van der Waals surface area contributed by atoms with Gasteiger partial charge in [-0.25, -0.2) is 0 Å². The fourth-order valence-corrected chi connectivity index (χ4v) is 7.35. The van der Waals surface area contributed by atoms with Crippen LogP contribution in [0.4, 0.5) is 0 Å². The molecule has 3 heteroatoms.